The molecule has 0 radical (unpaired) electrons. The van der Waals surface area contributed by atoms with E-state index in [4.69, 9.17) is 27.6 Å². The zero-order valence-corrected chi connectivity index (χ0v) is 23.2. The monoisotopic (exact) mass is 682 g/mol. The third kappa shape index (κ3) is 11.4. The maximum absolute atomic E-state index is 11.7. The molecule has 10 heteroatoms. The van der Waals surface area contributed by atoms with Crippen LogP contribution in [0.3, 0.4) is 0 Å². The number of anilines is 2. The van der Waals surface area contributed by atoms with Crippen molar-refractivity contribution in [1.29, 1.82) is 0 Å². The fourth-order valence-electron chi connectivity index (χ4n) is 2.43. The number of hydrogen-bond donors (Lipinski definition) is 2. The van der Waals surface area contributed by atoms with Gasteiger partial charge in [0.15, 0.2) is 0 Å². The Hall–Kier alpha value is -2.71. The molecule has 2 N–H and O–H groups in total. The first-order valence-electron chi connectivity index (χ1n) is 9.78. The summed E-state index contributed by atoms with van der Waals surface area (Å²) in [7, 11) is 15.0. The van der Waals surface area contributed by atoms with Crippen molar-refractivity contribution in [1.82, 2.24) is 9.97 Å². The number of benzene rings is 2. The van der Waals surface area contributed by atoms with Crippen molar-refractivity contribution >= 4 is 51.0 Å². The molecule has 0 aliphatic heterocycles. The molecule has 0 fully saturated rings. The molecule has 2 aromatic carbocycles. The summed E-state index contributed by atoms with van der Waals surface area (Å²) in [5.74, 6) is 0.835. The van der Waals surface area contributed by atoms with Gasteiger partial charge in [0.1, 0.15) is 11.6 Å². The standard InChI is InChI=1S/2C12H10N2O.3ClH.Ta/c2*15-12(10-6-2-1-3-7-10)14-11-8-4-5-9-13-11;;;;/h2*1-9H,(H,13,14,15);3*1H;/q;;;;;+3/p-3. The van der Waals surface area contributed by atoms with E-state index in [1.165, 1.54) is 0 Å². The molecule has 2 amide bonds. The molecule has 0 saturated carbocycles. The number of hydrogen-bond acceptors (Lipinski definition) is 4. The summed E-state index contributed by atoms with van der Waals surface area (Å²) < 4.78 is 0. The number of rotatable bonds is 4. The molecule has 4 aromatic rings. The Morgan fingerprint density at radius 3 is 1.18 bits per heavy atom. The van der Waals surface area contributed by atoms with Crippen molar-refractivity contribution in [3.05, 3.63) is 121 Å². The van der Waals surface area contributed by atoms with Gasteiger partial charge in [0.2, 0.25) is 0 Å². The molecule has 0 saturated heterocycles. The molecule has 34 heavy (non-hydrogen) atoms. The Bertz CT molecular complexity index is 1030. The summed E-state index contributed by atoms with van der Waals surface area (Å²) in [6.45, 7) is 0. The van der Waals surface area contributed by atoms with Gasteiger partial charge in [-0.3, -0.25) is 9.59 Å². The molecular weight excluding hydrogens is 664 g/mol. The van der Waals surface area contributed by atoms with Crippen LogP contribution in [0.1, 0.15) is 20.7 Å². The molecule has 2 aromatic heterocycles. The number of carbonyl (C=O) groups excluding carboxylic acids is 2. The van der Waals surface area contributed by atoms with Gasteiger partial charge in [0, 0.05) is 23.5 Å². The maximum atomic E-state index is 11.7. The van der Waals surface area contributed by atoms with Crippen molar-refractivity contribution in [2.45, 2.75) is 0 Å². The summed E-state index contributed by atoms with van der Waals surface area (Å²) in [6, 6.07) is 28.9. The number of pyridine rings is 2. The van der Waals surface area contributed by atoms with Gasteiger partial charge in [-0.05, 0) is 48.5 Å². The van der Waals surface area contributed by atoms with Gasteiger partial charge in [-0.25, -0.2) is 9.97 Å². The molecule has 4 rings (SSSR count). The molecule has 0 bridgehead atoms. The first-order valence-corrected chi connectivity index (χ1v) is 21.7. The molecular formula is C24H20Cl3N4O2Ta. The van der Waals surface area contributed by atoms with Crippen molar-refractivity contribution < 1.29 is 24.8 Å². The summed E-state index contributed by atoms with van der Waals surface area (Å²) in [4.78, 5) is 31.4. The number of carbonyl (C=O) groups is 2. The van der Waals surface area contributed by atoms with Crippen LogP contribution in [0.2, 0.25) is 0 Å². The normalized spacial score (nSPS) is 9.53. The summed E-state index contributed by atoms with van der Waals surface area (Å²) in [6.07, 6.45) is 3.28. The van der Waals surface area contributed by atoms with Crippen LogP contribution in [0.4, 0.5) is 11.6 Å². The van der Waals surface area contributed by atoms with Crippen LogP contribution in [0.15, 0.2) is 109 Å². The zero-order chi connectivity index (χ0) is 24.6. The van der Waals surface area contributed by atoms with Crippen LogP contribution in [0.25, 0.3) is 0 Å². The van der Waals surface area contributed by atoms with Gasteiger partial charge in [0.05, 0.1) is 0 Å². The van der Waals surface area contributed by atoms with Crippen LogP contribution in [-0.4, -0.2) is 21.8 Å². The van der Waals surface area contributed by atoms with Gasteiger partial charge in [0.25, 0.3) is 11.8 Å². The molecule has 174 valence electrons. The Balaban J connectivity index is 0.000000208. The Morgan fingerprint density at radius 2 is 0.882 bits per heavy atom. The quantitative estimate of drug-likeness (QED) is 0.250. The van der Waals surface area contributed by atoms with Crippen LogP contribution >= 0.6 is 27.6 Å². The van der Waals surface area contributed by atoms with E-state index < -0.39 is 15.2 Å². The first kappa shape index (κ1) is 27.5. The van der Waals surface area contributed by atoms with E-state index in [-0.39, 0.29) is 11.8 Å². The molecule has 0 spiro atoms. The minimum atomic E-state index is -2.18. The molecule has 2 heterocycles. The van der Waals surface area contributed by atoms with E-state index in [2.05, 4.69) is 20.6 Å². The van der Waals surface area contributed by atoms with Gasteiger partial charge >= 0.3 is 42.8 Å². The summed E-state index contributed by atoms with van der Waals surface area (Å²) in [5.41, 5.74) is 1.26. The molecule has 0 aliphatic carbocycles. The van der Waals surface area contributed by atoms with Crippen molar-refractivity contribution in [3.8, 4) is 0 Å². The van der Waals surface area contributed by atoms with Crippen LogP contribution in [0.5, 0.6) is 0 Å². The van der Waals surface area contributed by atoms with Crippen molar-refractivity contribution in [2.75, 3.05) is 10.6 Å². The predicted molar refractivity (Wildman–Crippen MR) is 135 cm³/mol. The second-order valence-corrected chi connectivity index (χ2v) is 20.2. The van der Waals surface area contributed by atoms with E-state index >= 15 is 0 Å². The van der Waals surface area contributed by atoms with Gasteiger partial charge in [-0.2, -0.15) is 0 Å². The topological polar surface area (TPSA) is 84.0 Å². The Morgan fingerprint density at radius 1 is 0.559 bits per heavy atom. The predicted octanol–water partition coefficient (Wildman–Crippen LogP) is 6.73. The first-order chi connectivity index (χ1) is 16.5. The van der Waals surface area contributed by atoms with Crippen LogP contribution in [0, 0.1) is 0 Å². The number of nitrogens with zero attached hydrogens (tertiary/aromatic N) is 2. The number of amides is 2. The van der Waals surface area contributed by atoms with Gasteiger partial charge in [-0.15, -0.1) is 0 Å². The third-order valence-electron chi connectivity index (χ3n) is 3.88. The fraction of sp³-hybridized carbons (Fsp3) is 0. The van der Waals surface area contributed by atoms with E-state index in [1.54, 1.807) is 60.9 Å². The Labute approximate surface area is 215 Å². The molecule has 6 nitrogen and oxygen atoms in total. The van der Waals surface area contributed by atoms with Crippen molar-refractivity contribution in [2.24, 2.45) is 0 Å². The van der Waals surface area contributed by atoms with E-state index in [1.807, 2.05) is 48.5 Å². The second-order valence-electron chi connectivity index (χ2n) is 6.26. The minimum absolute atomic E-state index is 0.144. The number of nitrogens with one attached hydrogen (secondary N) is 2. The second kappa shape index (κ2) is 16.0. The van der Waals surface area contributed by atoms with Gasteiger partial charge < -0.3 is 10.6 Å². The molecule has 0 aliphatic rings. The summed E-state index contributed by atoms with van der Waals surface area (Å²) >= 11 is -2.18. The fourth-order valence-corrected chi connectivity index (χ4v) is 2.43. The average Bonchev–Trinajstić information content (AvgIpc) is 2.86. The van der Waals surface area contributed by atoms with Crippen molar-refractivity contribution in [3.63, 3.8) is 0 Å². The van der Waals surface area contributed by atoms with E-state index in [0.717, 1.165) is 0 Å². The molecule has 0 unspecified atom stereocenters. The number of aromatic nitrogens is 2. The van der Waals surface area contributed by atoms with Crippen LogP contribution < -0.4 is 10.6 Å². The Kier molecular flexibility index (Phi) is 13.0. The summed E-state index contributed by atoms with van der Waals surface area (Å²) in [5, 5.41) is 5.42. The van der Waals surface area contributed by atoms with Gasteiger partial charge in [-0.1, -0.05) is 48.5 Å². The third-order valence-corrected chi connectivity index (χ3v) is 3.88. The SMILES string of the molecule is O=C(Nc1ccccn1)c1ccccc1.O=C(Nc1ccccn1)c1ccccc1.[Cl][Ta]([Cl])[Cl]. The number of halogens is 3. The zero-order valence-electron chi connectivity index (χ0n) is 17.7. The average molecular weight is 684 g/mol. The van der Waals surface area contributed by atoms with Crippen LogP contribution in [-0.2, 0) is 15.2 Å². The van der Waals surface area contributed by atoms with E-state index in [0.29, 0.717) is 22.8 Å². The molecule has 0 atom stereocenters. The van der Waals surface area contributed by atoms with E-state index in [9.17, 15) is 9.59 Å².